The first kappa shape index (κ1) is 15.9. The van der Waals surface area contributed by atoms with Crippen LogP contribution in [0.3, 0.4) is 0 Å². The average molecular weight is 332 g/mol. The highest BCUT2D eigenvalue weighted by atomic mass is 32.2. The van der Waals surface area contributed by atoms with Crippen molar-refractivity contribution in [1.82, 2.24) is 4.98 Å². The number of anilines is 1. The summed E-state index contributed by atoms with van der Waals surface area (Å²) in [6.07, 6.45) is 5.10. The molecule has 0 unspecified atom stereocenters. The van der Waals surface area contributed by atoms with Gasteiger partial charge in [-0.25, -0.2) is 8.42 Å². The SMILES string of the molecule is O=C(CCS(=O)(=O)C1CCCC1)Nc1cccc2ncccc12. The summed E-state index contributed by atoms with van der Waals surface area (Å²) in [6.45, 7) is 0. The van der Waals surface area contributed by atoms with Crippen molar-refractivity contribution in [3.63, 3.8) is 0 Å². The number of pyridine rings is 1. The predicted molar refractivity (Wildman–Crippen MR) is 91.0 cm³/mol. The van der Waals surface area contributed by atoms with Crippen LogP contribution in [0.15, 0.2) is 36.5 Å². The molecule has 122 valence electrons. The Kier molecular flexibility index (Phi) is 4.61. The summed E-state index contributed by atoms with van der Waals surface area (Å²) in [5.41, 5.74) is 1.46. The molecular weight excluding hydrogens is 312 g/mol. The molecule has 0 spiro atoms. The summed E-state index contributed by atoms with van der Waals surface area (Å²) in [7, 11) is -3.16. The van der Waals surface area contributed by atoms with Gasteiger partial charge in [-0.2, -0.15) is 0 Å². The first-order valence-corrected chi connectivity index (χ1v) is 9.63. The predicted octanol–water partition coefficient (Wildman–Crippen LogP) is 2.92. The van der Waals surface area contributed by atoms with Crippen LogP contribution in [0.2, 0.25) is 0 Å². The average Bonchev–Trinajstić information content (AvgIpc) is 3.09. The molecule has 5 nitrogen and oxygen atoms in total. The van der Waals surface area contributed by atoms with Gasteiger partial charge in [-0.05, 0) is 37.1 Å². The molecule has 2 aromatic rings. The molecule has 1 aromatic heterocycles. The lowest BCUT2D eigenvalue weighted by molar-refractivity contribution is -0.115. The zero-order chi connectivity index (χ0) is 16.3. The van der Waals surface area contributed by atoms with Gasteiger partial charge in [0.25, 0.3) is 0 Å². The van der Waals surface area contributed by atoms with E-state index in [1.54, 1.807) is 12.3 Å². The molecule has 23 heavy (non-hydrogen) atoms. The molecule has 0 atom stereocenters. The topological polar surface area (TPSA) is 76.1 Å². The Bertz CT molecular complexity index is 806. The Morgan fingerprint density at radius 3 is 2.74 bits per heavy atom. The van der Waals surface area contributed by atoms with E-state index in [-0.39, 0.29) is 23.3 Å². The van der Waals surface area contributed by atoms with E-state index in [0.717, 1.165) is 36.6 Å². The number of fused-ring (bicyclic) bond motifs is 1. The van der Waals surface area contributed by atoms with E-state index in [1.165, 1.54) is 0 Å². The van der Waals surface area contributed by atoms with Gasteiger partial charge in [0.15, 0.2) is 9.84 Å². The van der Waals surface area contributed by atoms with Crippen molar-refractivity contribution >= 4 is 32.3 Å². The molecule has 1 aromatic carbocycles. The Morgan fingerprint density at radius 2 is 1.96 bits per heavy atom. The third-order valence-electron chi connectivity index (χ3n) is 4.34. The van der Waals surface area contributed by atoms with Gasteiger partial charge in [0.05, 0.1) is 22.2 Å². The third-order valence-corrected chi connectivity index (χ3v) is 6.60. The lowest BCUT2D eigenvalue weighted by Gasteiger charge is -2.11. The fraction of sp³-hybridized carbons (Fsp3) is 0.412. The van der Waals surface area contributed by atoms with E-state index in [9.17, 15) is 13.2 Å². The number of carbonyl (C=O) groups excluding carboxylic acids is 1. The fourth-order valence-electron chi connectivity index (χ4n) is 3.07. The van der Waals surface area contributed by atoms with E-state index in [2.05, 4.69) is 10.3 Å². The summed E-state index contributed by atoms with van der Waals surface area (Å²) >= 11 is 0. The quantitative estimate of drug-likeness (QED) is 0.913. The van der Waals surface area contributed by atoms with Gasteiger partial charge in [0.2, 0.25) is 5.91 Å². The van der Waals surface area contributed by atoms with Gasteiger partial charge in [-0.1, -0.05) is 18.9 Å². The van der Waals surface area contributed by atoms with Gasteiger partial charge in [0, 0.05) is 18.0 Å². The van der Waals surface area contributed by atoms with Crippen molar-refractivity contribution < 1.29 is 13.2 Å². The summed E-state index contributed by atoms with van der Waals surface area (Å²) in [4.78, 5) is 16.4. The number of rotatable bonds is 5. The molecule has 6 heteroatoms. The highest BCUT2D eigenvalue weighted by molar-refractivity contribution is 7.92. The molecule has 1 aliphatic carbocycles. The lowest BCUT2D eigenvalue weighted by atomic mass is 10.2. The largest absolute Gasteiger partial charge is 0.325 e. The number of hydrogen-bond acceptors (Lipinski definition) is 4. The molecule has 1 fully saturated rings. The Morgan fingerprint density at radius 1 is 1.17 bits per heavy atom. The number of hydrogen-bond donors (Lipinski definition) is 1. The molecule has 1 heterocycles. The maximum absolute atomic E-state index is 12.2. The monoisotopic (exact) mass is 332 g/mol. The number of nitrogens with zero attached hydrogens (tertiary/aromatic N) is 1. The minimum atomic E-state index is -3.16. The molecule has 1 saturated carbocycles. The van der Waals surface area contributed by atoms with Crippen molar-refractivity contribution in [2.75, 3.05) is 11.1 Å². The van der Waals surface area contributed by atoms with Gasteiger partial charge in [0.1, 0.15) is 0 Å². The second kappa shape index (κ2) is 6.66. The van der Waals surface area contributed by atoms with Crippen molar-refractivity contribution in [2.45, 2.75) is 37.4 Å². The normalized spacial score (nSPS) is 15.8. The zero-order valence-electron chi connectivity index (χ0n) is 12.9. The highest BCUT2D eigenvalue weighted by Gasteiger charge is 2.28. The molecule has 0 saturated heterocycles. The summed E-state index contributed by atoms with van der Waals surface area (Å²) in [5.74, 6) is -0.352. The minimum absolute atomic E-state index is 0.00448. The highest BCUT2D eigenvalue weighted by Crippen LogP contribution is 2.26. The third kappa shape index (κ3) is 3.69. The molecule has 0 aliphatic heterocycles. The van der Waals surface area contributed by atoms with E-state index in [1.807, 2.05) is 24.3 Å². The summed E-state index contributed by atoms with van der Waals surface area (Å²) in [5, 5.41) is 3.40. The van der Waals surface area contributed by atoms with Crippen LogP contribution < -0.4 is 5.32 Å². The standard InChI is InChI=1S/C17H20N2O3S/c20-17(10-12-23(21,22)13-5-1-2-6-13)19-16-9-3-8-15-14(16)7-4-11-18-15/h3-4,7-9,11,13H,1-2,5-6,10,12H2,(H,19,20). The van der Waals surface area contributed by atoms with Crippen molar-refractivity contribution in [3.05, 3.63) is 36.5 Å². The van der Waals surface area contributed by atoms with Crippen LogP contribution >= 0.6 is 0 Å². The minimum Gasteiger partial charge on any atom is -0.325 e. The van der Waals surface area contributed by atoms with Crippen LogP contribution in [0, 0.1) is 0 Å². The van der Waals surface area contributed by atoms with Crippen LogP contribution in [-0.4, -0.2) is 30.3 Å². The number of carbonyl (C=O) groups is 1. The second-order valence-electron chi connectivity index (χ2n) is 5.95. The van der Waals surface area contributed by atoms with Crippen molar-refractivity contribution in [3.8, 4) is 0 Å². The number of nitrogens with one attached hydrogen (secondary N) is 1. The smallest absolute Gasteiger partial charge is 0.225 e. The van der Waals surface area contributed by atoms with Gasteiger partial charge < -0.3 is 5.32 Å². The van der Waals surface area contributed by atoms with Crippen LogP contribution in [-0.2, 0) is 14.6 Å². The number of aromatic nitrogens is 1. The molecule has 0 bridgehead atoms. The maximum atomic E-state index is 12.2. The Balaban J connectivity index is 1.65. The first-order valence-electron chi connectivity index (χ1n) is 7.91. The van der Waals surface area contributed by atoms with Crippen LogP contribution in [0.4, 0.5) is 5.69 Å². The Labute approximate surface area is 136 Å². The van der Waals surface area contributed by atoms with Crippen molar-refractivity contribution in [1.29, 1.82) is 0 Å². The van der Waals surface area contributed by atoms with E-state index in [0.29, 0.717) is 5.69 Å². The number of amides is 1. The molecule has 0 radical (unpaired) electrons. The number of benzene rings is 1. The van der Waals surface area contributed by atoms with Crippen molar-refractivity contribution in [2.24, 2.45) is 0 Å². The molecule has 1 amide bonds. The summed E-state index contributed by atoms with van der Waals surface area (Å²) in [6, 6.07) is 9.18. The van der Waals surface area contributed by atoms with Crippen LogP contribution in [0.25, 0.3) is 10.9 Å². The maximum Gasteiger partial charge on any atom is 0.225 e. The molecule has 1 aliphatic rings. The molecular formula is C17H20N2O3S. The van der Waals surface area contributed by atoms with Gasteiger partial charge >= 0.3 is 0 Å². The van der Waals surface area contributed by atoms with Gasteiger partial charge in [-0.3, -0.25) is 9.78 Å². The lowest BCUT2D eigenvalue weighted by Crippen LogP contribution is -2.24. The van der Waals surface area contributed by atoms with E-state index < -0.39 is 9.84 Å². The fourth-order valence-corrected chi connectivity index (χ4v) is 4.93. The second-order valence-corrected chi connectivity index (χ2v) is 8.35. The van der Waals surface area contributed by atoms with E-state index in [4.69, 9.17) is 0 Å². The Hall–Kier alpha value is -1.95. The van der Waals surface area contributed by atoms with E-state index >= 15 is 0 Å². The first-order chi connectivity index (χ1) is 11.1. The molecule has 3 rings (SSSR count). The number of sulfone groups is 1. The summed E-state index contributed by atoms with van der Waals surface area (Å²) < 4.78 is 24.4. The van der Waals surface area contributed by atoms with Crippen LogP contribution in [0.1, 0.15) is 32.1 Å². The molecule has 1 N–H and O–H groups in total. The zero-order valence-corrected chi connectivity index (χ0v) is 13.7. The van der Waals surface area contributed by atoms with Crippen LogP contribution in [0.5, 0.6) is 0 Å². The van der Waals surface area contributed by atoms with Gasteiger partial charge in [-0.15, -0.1) is 0 Å².